The van der Waals surface area contributed by atoms with Crippen molar-refractivity contribution < 1.29 is 4.79 Å². The summed E-state index contributed by atoms with van der Waals surface area (Å²) in [7, 11) is 0. The Hall–Kier alpha value is -1.38. The number of carbonyl (C=O) groups is 1. The first kappa shape index (κ1) is 9.71. The van der Waals surface area contributed by atoms with Gasteiger partial charge < -0.3 is 4.90 Å². The minimum atomic E-state index is 0.659. The summed E-state index contributed by atoms with van der Waals surface area (Å²) in [6.07, 6.45) is 2.56. The Balaban J connectivity index is 3.03. The number of hydrogen-bond donors (Lipinski definition) is 0. The Kier molecular flexibility index (Phi) is 3.43. The number of nitrogens with zero attached hydrogens (tertiary/aromatic N) is 2. The van der Waals surface area contributed by atoms with Crippen molar-refractivity contribution in [1.29, 1.82) is 0 Å². The van der Waals surface area contributed by atoms with Crippen molar-refractivity contribution in [2.45, 2.75) is 13.8 Å². The maximum Gasteiger partial charge on any atom is 0.153 e. The van der Waals surface area contributed by atoms with Gasteiger partial charge in [-0.1, -0.05) is 0 Å². The molecule has 1 aromatic rings. The van der Waals surface area contributed by atoms with Gasteiger partial charge in [0.15, 0.2) is 6.29 Å². The third-order valence-electron chi connectivity index (χ3n) is 2.01. The number of pyridine rings is 1. The Morgan fingerprint density at radius 1 is 1.46 bits per heavy atom. The summed E-state index contributed by atoms with van der Waals surface area (Å²) < 4.78 is 0. The predicted molar refractivity (Wildman–Crippen MR) is 53.2 cm³/mol. The molecule has 0 saturated heterocycles. The number of rotatable bonds is 4. The van der Waals surface area contributed by atoms with Crippen LogP contribution in [0.25, 0.3) is 0 Å². The number of carbonyl (C=O) groups excluding carboxylic acids is 1. The van der Waals surface area contributed by atoms with Crippen LogP contribution in [0.4, 0.5) is 5.82 Å². The minimum absolute atomic E-state index is 0.659. The van der Waals surface area contributed by atoms with Crippen molar-refractivity contribution in [2.75, 3.05) is 18.0 Å². The molecule has 70 valence electrons. The van der Waals surface area contributed by atoms with E-state index in [4.69, 9.17) is 0 Å². The Morgan fingerprint density at radius 2 is 2.15 bits per heavy atom. The second kappa shape index (κ2) is 4.60. The van der Waals surface area contributed by atoms with Crippen molar-refractivity contribution in [3.63, 3.8) is 0 Å². The monoisotopic (exact) mass is 178 g/mol. The molecular weight excluding hydrogens is 164 g/mol. The van der Waals surface area contributed by atoms with Crippen LogP contribution in [0.3, 0.4) is 0 Å². The van der Waals surface area contributed by atoms with Crippen LogP contribution in [-0.4, -0.2) is 24.4 Å². The number of aromatic nitrogens is 1. The fourth-order valence-corrected chi connectivity index (χ4v) is 1.29. The van der Waals surface area contributed by atoms with Crippen LogP contribution in [0.15, 0.2) is 18.3 Å². The van der Waals surface area contributed by atoms with Crippen LogP contribution >= 0.6 is 0 Å². The summed E-state index contributed by atoms with van der Waals surface area (Å²) in [4.78, 5) is 16.9. The van der Waals surface area contributed by atoms with Gasteiger partial charge in [-0.2, -0.15) is 0 Å². The molecule has 0 aromatic carbocycles. The fraction of sp³-hybridized carbons (Fsp3) is 0.400. The van der Waals surface area contributed by atoms with Gasteiger partial charge in [-0.05, 0) is 26.0 Å². The molecule has 0 amide bonds. The first-order chi connectivity index (χ1) is 6.33. The highest BCUT2D eigenvalue weighted by molar-refractivity contribution is 5.82. The molecular formula is C10H14N2O. The van der Waals surface area contributed by atoms with Gasteiger partial charge in [0.05, 0.1) is 5.56 Å². The molecule has 0 N–H and O–H groups in total. The lowest BCUT2D eigenvalue weighted by Gasteiger charge is -2.20. The van der Waals surface area contributed by atoms with Crippen LogP contribution in [0, 0.1) is 0 Å². The summed E-state index contributed by atoms with van der Waals surface area (Å²) in [5.41, 5.74) is 0.659. The van der Waals surface area contributed by atoms with Crippen molar-refractivity contribution in [3.05, 3.63) is 23.9 Å². The highest BCUT2D eigenvalue weighted by atomic mass is 16.1. The second-order valence-corrected chi connectivity index (χ2v) is 2.71. The molecule has 3 nitrogen and oxygen atoms in total. The molecule has 0 aliphatic carbocycles. The molecule has 0 atom stereocenters. The lowest BCUT2D eigenvalue weighted by molar-refractivity contribution is 0.112. The molecule has 0 radical (unpaired) electrons. The van der Waals surface area contributed by atoms with Crippen molar-refractivity contribution in [3.8, 4) is 0 Å². The lowest BCUT2D eigenvalue weighted by Crippen LogP contribution is -2.24. The SMILES string of the molecule is CCN(CC)c1ncccc1C=O. The first-order valence-corrected chi connectivity index (χ1v) is 4.48. The summed E-state index contributed by atoms with van der Waals surface area (Å²) in [6, 6.07) is 3.56. The zero-order valence-corrected chi connectivity index (χ0v) is 8.03. The molecule has 0 spiro atoms. The Morgan fingerprint density at radius 3 is 2.69 bits per heavy atom. The van der Waals surface area contributed by atoms with E-state index in [1.165, 1.54) is 0 Å². The highest BCUT2D eigenvalue weighted by Gasteiger charge is 2.07. The molecule has 1 aromatic heterocycles. The summed E-state index contributed by atoms with van der Waals surface area (Å²) >= 11 is 0. The van der Waals surface area contributed by atoms with Gasteiger partial charge in [-0.3, -0.25) is 4.79 Å². The molecule has 0 bridgehead atoms. The molecule has 0 aliphatic rings. The normalized spacial score (nSPS) is 9.69. The van der Waals surface area contributed by atoms with Crippen LogP contribution < -0.4 is 4.90 Å². The molecule has 0 aliphatic heterocycles. The van der Waals surface area contributed by atoms with E-state index in [0.717, 1.165) is 25.2 Å². The van der Waals surface area contributed by atoms with Crippen LogP contribution in [0.1, 0.15) is 24.2 Å². The Labute approximate surface area is 78.4 Å². The van der Waals surface area contributed by atoms with E-state index in [1.807, 2.05) is 13.8 Å². The number of aldehydes is 1. The topological polar surface area (TPSA) is 33.2 Å². The van der Waals surface area contributed by atoms with Gasteiger partial charge in [-0.25, -0.2) is 4.98 Å². The molecule has 3 heteroatoms. The predicted octanol–water partition coefficient (Wildman–Crippen LogP) is 1.74. The fourth-order valence-electron chi connectivity index (χ4n) is 1.29. The van der Waals surface area contributed by atoms with Crippen molar-refractivity contribution in [2.24, 2.45) is 0 Å². The molecule has 1 rings (SSSR count). The first-order valence-electron chi connectivity index (χ1n) is 4.48. The standard InChI is InChI=1S/C10H14N2O/c1-3-12(4-2)10-9(8-13)6-5-7-11-10/h5-8H,3-4H2,1-2H3. The molecule has 1 heterocycles. The van der Waals surface area contributed by atoms with E-state index in [0.29, 0.717) is 5.56 Å². The third kappa shape index (κ3) is 2.05. The average molecular weight is 178 g/mol. The third-order valence-corrected chi connectivity index (χ3v) is 2.01. The molecule has 0 unspecified atom stereocenters. The summed E-state index contributed by atoms with van der Waals surface area (Å²) in [5, 5.41) is 0. The Bertz CT molecular complexity index is 282. The van der Waals surface area contributed by atoms with Gasteiger partial charge in [0, 0.05) is 19.3 Å². The van der Waals surface area contributed by atoms with Crippen LogP contribution in [0.2, 0.25) is 0 Å². The van der Waals surface area contributed by atoms with E-state index in [-0.39, 0.29) is 0 Å². The zero-order chi connectivity index (χ0) is 9.68. The molecule has 0 saturated carbocycles. The number of hydrogen-bond acceptors (Lipinski definition) is 3. The van der Waals surface area contributed by atoms with Crippen LogP contribution in [0.5, 0.6) is 0 Å². The average Bonchev–Trinajstić information content (AvgIpc) is 2.20. The smallest absolute Gasteiger partial charge is 0.153 e. The van der Waals surface area contributed by atoms with E-state index in [2.05, 4.69) is 9.88 Å². The molecule has 13 heavy (non-hydrogen) atoms. The van der Waals surface area contributed by atoms with E-state index >= 15 is 0 Å². The van der Waals surface area contributed by atoms with Crippen LogP contribution in [-0.2, 0) is 0 Å². The largest absolute Gasteiger partial charge is 0.357 e. The summed E-state index contributed by atoms with van der Waals surface area (Å²) in [6.45, 7) is 5.84. The van der Waals surface area contributed by atoms with Crippen molar-refractivity contribution >= 4 is 12.1 Å². The molecule has 0 fully saturated rings. The van der Waals surface area contributed by atoms with Crippen molar-refractivity contribution in [1.82, 2.24) is 4.98 Å². The van der Waals surface area contributed by atoms with E-state index in [1.54, 1.807) is 18.3 Å². The van der Waals surface area contributed by atoms with Gasteiger partial charge in [0.25, 0.3) is 0 Å². The number of anilines is 1. The lowest BCUT2D eigenvalue weighted by atomic mass is 10.2. The van der Waals surface area contributed by atoms with Gasteiger partial charge >= 0.3 is 0 Å². The summed E-state index contributed by atoms with van der Waals surface area (Å²) in [5.74, 6) is 0.780. The second-order valence-electron chi connectivity index (χ2n) is 2.71. The minimum Gasteiger partial charge on any atom is -0.357 e. The van der Waals surface area contributed by atoms with E-state index in [9.17, 15) is 4.79 Å². The maximum absolute atomic E-state index is 10.7. The van der Waals surface area contributed by atoms with E-state index < -0.39 is 0 Å². The highest BCUT2D eigenvalue weighted by Crippen LogP contribution is 2.13. The maximum atomic E-state index is 10.7. The zero-order valence-electron chi connectivity index (χ0n) is 8.03. The van der Waals surface area contributed by atoms with Gasteiger partial charge in [-0.15, -0.1) is 0 Å². The van der Waals surface area contributed by atoms with Gasteiger partial charge in [0.1, 0.15) is 5.82 Å². The quantitative estimate of drug-likeness (QED) is 0.658. The van der Waals surface area contributed by atoms with Gasteiger partial charge in [0.2, 0.25) is 0 Å².